The molecule has 5 nitrogen and oxygen atoms in total. The molecule has 1 aliphatic heterocycles. The Balaban J connectivity index is 1.89. The number of carbonyl (C=O) groups is 1. The van der Waals surface area contributed by atoms with Gasteiger partial charge in [0, 0.05) is 18.7 Å². The summed E-state index contributed by atoms with van der Waals surface area (Å²) in [6.07, 6.45) is -1.50. The van der Waals surface area contributed by atoms with Gasteiger partial charge in [0.15, 0.2) is 0 Å². The minimum absolute atomic E-state index is 0.0324. The van der Waals surface area contributed by atoms with Crippen LogP contribution in [-0.4, -0.2) is 33.7 Å². The van der Waals surface area contributed by atoms with Crippen LogP contribution in [0.3, 0.4) is 0 Å². The summed E-state index contributed by atoms with van der Waals surface area (Å²) in [6, 6.07) is 7.44. The number of amides is 1. The van der Waals surface area contributed by atoms with E-state index in [1.165, 1.54) is 15.8 Å². The van der Waals surface area contributed by atoms with E-state index in [-0.39, 0.29) is 17.2 Å². The Morgan fingerprint density at radius 3 is 2.80 bits per heavy atom. The Labute approximate surface area is 145 Å². The highest BCUT2D eigenvalue weighted by molar-refractivity contribution is 5.95. The Morgan fingerprint density at radius 2 is 2.08 bits per heavy atom. The summed E-state index contributed by atoms with van der Waals surface area (Å²) in [5.41, 5.74) is 0.522. The number of alkyl halides is 2. The average molecular weight is 349 g/mol. The highest BCUT2D eigenvalue weighted by Gasteiger charge is 2.29. The molecule has 134 valence electrons. The zero-order chi connectivity index (χ0) is 18.0. The van der Waals surface area contributed by atoms with E-state index in [1.807, 2.05) is 38.1 Å². The molecule has 1 aliphatic rings. The number of benzene rings is 1. The molecule has 0 bridgehead atoms. The predicted molar refractivity (Wildman–Crippen MR) is 88.7 cm³/mol. The molecule has 0 fully saturated rings. The van der Waals surface area contributed by atoms with Crippen LogP contribution in [0.15, 0.2) is 30.5 Å². The molecule has 2 aromatic rings. The topological polar surface area (TPSA) is 47.4 Å². The molecule has 3 rings (SSSR count). The first-order chi connectivity index (χ1) is 12.0. The third-order valence-corrected chi connectivity index (χ3v) is 4.10. The highest BCUT2D eigenvalue weighted by atomic mass is 19.3. The minimum atomic E-state index is -2.75. The second-order valence-electron chi connectivity index (χ2n) is 6.50. The second-order valence-corrected chi connectivity index (χ2v) is 6.50. The first-order valence-corrected chi connectivity index (χ1v) is 8.31. The third-order valence-electron chi connectivity index (χ3n) is 4.10. The van der Waals surface area contributed by atoms with E-state index in [9.17, 15) is 13.6 Å². The molecule has 0 saturated carbocycles. The van der Waals surface area contributed by atoms with Crippen molar-refractivity contribution >= 4 is 5.91 Å². The summed E-state index contributed by atoms with van der Waals surface area (Å²) in [5.74, 6) is 0.437. The average Bonchev–Trinajstić information content (AvgIpc) is 2.85. The second kappa shape index (κ2) is 7.21. The van der Waals surface area contributed by atoms with Crippen molar-refractivity contribution in [1.29, 1.82) is 0 Å². The number of rotatable bonds is 4. The quantitative estimate of drug-likeness (QED) is 0.849. The number of carbonyl (C=O) groups excluding carboxylic acids is 1. The zero-order valence-electron chi connectivity index (χ0n) is 14.3. The summed E-state index contributed by atoms with van der Waals surface area (Å²) < 4.78 is 34.0. The fourth-order valence-corrected chi connectivity index (χ4v) is 2.95. The van der Waals surface area contributed by atoms with Crippen LogP contribution in [0.4, 0.5) is 8.78 Å². The first-order valence-electron chi connectivity index (χ1n) is 8.31. The lowest BCUT2D eigenvalue weighted by Crippen LogP contribution is -2.33. The SMILES string of the molecule is CC(C)Cn1ncc(C(=O)N2CCOc3ccccc3C2)c1C(F)F. The van der Waals surface area contributed by atoms with Crippen molar-refractivity contribution in [3.63, 3.8) is 0 Å². The van der Waals surface area contributed by atoms with Crippen molar-refractivity contribution in [2.24, 2.45) is 5.92 Å². The van der Waals surface area contributed by atoms with E-state index < -0.39 is 12.3 Å². The van der Waals surface area contributed by atoms with Crippen molar-refractivity contribution in [3.8, 4) is 5.75 Å². The Kier molecular flexibility index (Phi) is 5.01. The molecule has 0 radical (unpaired) electrons. The molecule has 2 heterocycles. The maximum absolute atomic E-state index is 13.6. The Bertz CT molecular complexity index is 759. The number of aromatic nitrogens is 2. The summed E-state index contributed by atoms with van der Waals surface area (Å²) >= 11 is 0. The Hall–Kier alpha value is -2.44. The lowest BCUT2D eigenvalue weighted by atomic mass is 10.1. The number of hydrogen-bond donors (Lipinski definition) is 0. The molecule has 7 heteroatoms. The number of ether oxygens (including phenoxy) is 1. The van der Waals surface area contributed by atoms with E-state index in [0.29, 0.717) is 26.2 Å². The summed E-state index contributed by atoms with van der Waals surface area (Å²) in [7, 11) is 0. The molecular weight excluding hydrogens is 328 g/mol. The van der Waals surface area contributed by atoms with Crippen molar-refractivity contribution in [3.05, 3.63) is 47.3 Å². The van der Waals surface area contributed by atoms with E-state index in [2.05, 4.69) is 5.10 Å². The smallest absolute Gasteiger partial charge is 0.280 e. The van der Waals surface area contributed by atoms with Gasteiger partial charge < -0.3 is 9.64 Å². The van der Waals surface area contributed by atoms with Gasteiger partial charge in [-0.3, -0.25) is 9.48 Å². The van der Waals surface area contributed by atoms with E-state index >= 15 is 0 Å². The lowest BCUT2D eigenvalue weighted by molar-refractivity contribution is 0.0718. The van der Waals surface area contributed by atoms with Crippen molar-refractivity contribution in [2.45, 2.75) is 33.4 Å². The van der Waals surface area contributed by atoms with Crippen LogP contribution in [0, 0.1) is 5.92 Å². The van der Waals surface area contributed by atoms with Crippen molar-refractivity contribution < 1.29 is 18.3 Å². The molecule has 0 spiro atoms. The Morgan fingerprint density at radius 1 is 1.32 bits per heavy atom. The monoisotopic (exact) mass is 349 g/mol. The van der Waals surface area contributed by atoms with Crippen LogP contribution in [0.2, 0.25) is 0 Å². The fourth-order valence-electron chi connectivity index (χ4n) is 2.95. The van der Waals surface area contributed by atoms with E-state index in [4.69, 9.17) is 4.74 Å². The van der Waals surface area contributed by atoms with Gasteiger partial charge in [0.1, 0.15) is 18.1 Å². The predicted octanol–water partition coefficient (Wildman–Crippen LogP) is 3.51. The molecule has 0 N–H and O–H groups in total. The fraction of sp³-hybridized carbons (Fsp3) is 0.444. The molecular formula is C18H21F2N3O2. The molecule has 0 aliphatic carbocycles. The van der Waals surface area contributed by atoms with Gasteiger partial charge in [-0.2, -0.15) is 5.10 Å². The van der Waals surface area contributed by atoms with Crippen molar-refractivity contribution in [2.75, 3.05) is 13.2 Å². The van der Waals surface area contributed by atoms with Gasteiger partial charge in [0.2, 0.25) is 0 Å². The molecule has 1 amide bonds. The van der Waals surface area contributed by atoms with E-state index in [1.54, 1.807) is 0 Å². The summed E-state index contributed by atoms with van der Waals surface area (Å²) in [5, 5.41) is 4.02. The van der Waals surface area contributed by atoms with Gasteiger partial charge in [0.05, 0.1) is 18.3 Å². The summed E-state index contributed by atoms with van der Waals surface area (Å²) in [6.45, 7) is 5.17. The standard InChI is InChI=1S/C18H21F2N3O2/c1-12(2)10-23-16(17(19)20)14(9-21-23)18(24)22-7-8-25-15-6-4-3-5-13(15)11-22/h3-6,9,12,17H,7-8,10-11H2,1-2H3. The molecule has 0 atom stereocenters. The van der Waals surface area contributed by atoms with Gasteiger partial charge >= 0.3 is 0 Å². The van der Waals surface area contributed by atoms with Crippen LogP contribution in [0.1, 0.15) is 41.9 Å². The van der Waals surface area contributed by atoms with Crippen LogP contribution >= 0.6 is 0 Å². The number of fused-ring (bicyclic) bond motifs is 1. The van der Waals surface area contributed by atoms with Crippen LogP contribution in [0.5, 0.6) is 5.75 Å². The normalized spacial score (nSPS) is 14.4. The van der Waals surface area contributed by atoms with Crippen molar-refractivity contribution in [1.82, 2.24) is 14.7 Å². The molecule has 25 heavy (non-hydrogen) atoms. The van der Waals surface area contributed by atoms with Crippen LogP contribution in [-0.2, 0) is 13.1 Å². The minimum Gasteiger partial charge on any atom is -0.491 e. The zero-order valence-corrected chi connectivity index (χ0v) is 14.3. The van der Waals surface area contributed by atoms with Gasteiger partial charge in [-0.15, -0.1) is 0 Å². The maximum atomic E-state index is 13.6. The van der Waals surface area contributed by atoms with Gasteiger partial charge in [-0.1, -0.05) is 32.0 Å². The first kappa shape index (κ1) is 17.4. The molecule has 1 aromatic carbocycles. The number of nitrogens with zero attached hydrogens (tertiary/aromatic N) is 3. The summed E-state index contributed by atoms with van der Waals surface area (Å²) in [4.78, 5) is 14.4. The number of para-hydroxylation sites is 1. The molecule has 1 aromatic heterocycles. The maximum Gasteiger partial charge on any atom is 0.280 e. The largest absolute Gasteiger partial charge is 0.491 e. The molecule has 0 saturated heterocycles. The van der Waals surface area contributed by atoms with E-state index in [0.717, 1.165) is 11.3 Å². The van der Waals surface area contributed by atoms with Gasteiger partial charge in [-0.05, 0) is 12.0 Å². The number of hydrogen-bond acceptors (Lipinski definition) is 3. The van der Waals surface area contributed by atoms with Crippen LogP contribution in [0.25, 0.3) is 0 Å². The molecule has 0 unspecified atom stereocenters. The number of halogens is 2. The third kappa shape index (κ3) is 3.65. The van der Waals surface area contributed by atoms with Crippen LogP contribution < -0.4 is 4.74 Å². The lowest BCUT2D eigenvalue weighted by Gasteiger charge is -2.20. The van der Waals surface area contributed by atoms with Gasteiger partial charge in [0.25, 0.3) is 12.3 Å². The van der Waals surface area contributed by atoms with Gasteiger partial charge in [-0.25, -0.2) is 8.78 Å². The highest BCUT2D eigenvalue weighted by Crippen LogP contribution is 2.27.